The molecule has 1 amide bonds. The SMILES string of the molecule is O=C(N[C@@H]1c2ccccc2C[C@@H]1O)c1nn(C2CCCCC2)c2c1CCCC[C@@H]2Cc1ccc(F)cc1. The highest BCUT2D eigenvalue weighted by atomic mass is 19.1. The van der Waals surface area contributed by atoms with E-state index in [4.69, 9.17) is 5.10 Å². The molecule has 3 aromatic rings. The number of aliphatic hydroxyl groups excluding tert-OH is 1. The van der Waals surface area contributed by atoms with Gasteiger partial charge in [0.2, 0.25) is 0 Å². The normalized spacial score (nSPS) is 23.8. The van der Waals surface area contributed by atoms with Crippen LogP contribution in [-0.4, -0.2) is 26.9 Å². The van der Waals surface area contributed by atoms with Gasteiger partial charge in [-0.25, -0.2) is 4.39 Å². The van der Waals surface area contributed by atoms with Crippen LogP contribution in [0.4, 0.5) is 4.39 Å². The van der Waals surface area contributed by atoms with Crippen LogP contribution in [0, 0.1) is 5.82 Å². The van der Waals surface area contributed by atoms with E-state index in [1.807, 2.05) is 36.4 Å². The zero-order valence-corrected chi connectivity index (χ0v) is 21.3. The van der Waals surface area contributed by atoms with Gasteiger partial charge < -0.3 is 10.4 Å². The standard InChI is InChI=1S/C31H36FN3O2/c32-23-16-14-20(15-17-23)18-22-9-5-7-13-26-29(34-35(30(22)26)24-10-2-1-3-11-24)31(37)33-28-25-12-6-4-8-21(25)19-27(28)36/h4,6,8,12,14-17,22,24,27-28,36H,1-3,5,7,9-11,13,18-19H2,(H,33,37)/t22-,27+,28-/m1/s1. The minimum Gasteiger partial charge on any atom is -0.390 e. The van der Waals surface area contributed by atoms with Gasteiger partial charge in [-0.1, -0.05) is 62.1 Å². The Bertz CT molecular complexity index is 1260. The summed E-state index contributed by atoms with van der Waals surface area (Å²) in [7, 11) is 0. The molecule has 194 valence electrons. The van der Waals surface area contributed by atoms with Gasteiger partial charge in [-0.2, -0.15) is 5.10 Å². The van der Waals surface area contributed by atoms with Crippen LogP contribution in [0.1, 0.15) is 108 Å². The number of carbonyl (C=O) groups is 1. The number of fused-ring (bicyclic) bond motifs is 2. The maximum absolute atomic E-state index is 13.8. The number of rotatable bonds is 5. The second kappa shape index (κ2) is 10.4. The highest BCUT2D eigenvalue weighted by molar-refractivity contribution is 5.94. The Morgan fingerprint density at radius 2 is 1.76 bits per heavy atom. The van der Waals surface area contributed by atoms with Gasteiger partial charge in [-0.05, 0) is 67.3 Å². The lowest BCUT2D eigenvalue weighted by Crippen LogP contribution is -2.34. The zero-order chi connectivity index (χ0) is 25.4. The fraction of sp³-hybridized carbons (Fsp3) is 0.484. The first-order valence-electron chi connectivity index (χ1n) is 14.0. The van der Waals surface area contributed by atoms with E-state index >= 15 is 0 Å². The fourth-order valence-electron chi connectivity index (χ4n) is 6.84. The van der Waals surface area contributed by atoms with Crippen molar-refractivity contribution >= 4 is 5.91 Å². The molecule has 3 atom stereocenters. The molecule has 3 aliphatic carbocycles. The van der Waals surface area contributed by atoms with Gasteiger partial charge in [-0.3, -0.25) is 9.48 Å². The number of amides is 1. The fourth-order valence-corrected chi connectivity index (χ4v) is 6.84. The van der Waals surface area contributed by atoms with Crippen LogP contribution in [0.2, 0.25) is 0 Å². The first-order chi connectivity index (χ1) is 18.1. The quantitative estimate of drug-likeness (QED) is 0.424. The molecule has 0 bridgehead atoms. The third-order valence-electron chi connectivity index (χ3n) is 8.69. The summed E-state index contributed by atoms with van der Waals surface area (Å²) in [6.07, 6.45) is 10.6. The smallest absolute Gasteiger partial charge is 0.272 e. The molecule has 0 spiro atoms. The van der Waals surface area contributed by atoms with Gasteiger partial charge in [0, 0.05) is 23.6 Å². The molecule has 0 unspecified atom stereocenters. The lowest BCUT2D eigenvalue weighted by Gasteiger charge is -2.27. The predicted molar refractivity (Wildman–Crippen MR) is 141 cm³/mol. The van der Waals surface area contributed by atoms with Crippen LogP contribution in [0.5, 0.6) is 0 Å². The Hall–Kier alpha value is -2.99. The van der Waals surface area contributed by atoms with E-state index in [0.29, 0.717) is 18.2 Å². The number of aromatic nitrogens is 2. The van der Waals surface area contributed by atoms with E-state index in [2.05, 4.69) is 10.00 Å². The molecule has 1 saturated carbocycles. The van der Waals surface area contributed by atoms with Gasteiger partial charge in [0.25, 0.3) is 5.91 Å². The second-order valence-corrected chi connectivity index (χ2v) is 11.1. The number of benzene rings is 2. The first kappa shape index (κ1) is 24.4. The van der Waals surface area contributed by atoms with Gasteiger partial charge in [-0.15, -0.1) is 0 Å². The molecule has 6 heteroatoms. The van der Waals surface area contributed by atoms with E-state index in [0.717, 1.165) is 67.2 Å². The molecule has 6 rings (SSSR count). The maximum atomic E-state index is 13.8. The third-order valence-corrected chi connectivity index (χ3v) is 8.69. The van der Waals surface area contributed by atoms with E-state index in [-0.39, 0.29) is 17.6 Å². The highest BCUT2D eigenvalue weighted by Gasteiger charge is 2.36. The summed E-state index contributed by atoms with van der Waals surface area (Å²) in [5.41, 5.74) is 6.02. The molecule has 0 radical (unpaired) electrons. The third kappa shape index (κ3) is 4.84. The van der Waals surface area contributed by atoms with Gasteiger partial charge in [0.05, 0.1) is 18.2 Å². The van der Waals surface area contributed by atoms with Gasteiger partial charge >= 0.3 is 0 Å². The minimum atomic E-state index is -0.633. The van der Waals surface area contributed by atoms with Crippen molar-refractivity contribution in [3.8, 4) is 0 Å². The van der Waals surface area contributed by atoms with E-state index < -0.39 is 12.1 Å². The van der Waals surface area contributed by atoms with Crippen LogP contribution in [0.15, 0.2) is 48.5 Å². The topological polar surface area (TPSA) is 67.2 Å². The predicted octanol–water partition coefficient (Wildman–Crippen LogP) is 5.97. The van der Waals surface area contributed by atoms with Gasteiger partial charge in [0.15, 0.2) is 5.69 Å². The van der Waals surface area contributed by atoms with E-state index in [1.54, 1.807) is 0 Å². The molecule has 1 heterocycles. The summed E-state index contributed by atoms with van der Waals surface area (Å²) in [6.45, 7) is 0. The Labute approximate surface area is 218 Å². The number of aliphatic hydroxyl groups is 1. The zero-order valence-electron chi connectivity index (χ0n) is 21.3. The van der Waals surface area contributed by atoms with Crippen molar-refractivity contribution < 1.29 is 14.3 Å². The molecular weight excluding hydrogens is 465 g/mol. The van der Waals surface area contributed by atoms with Crippen molar-refractivity contribution in [2.45, 2.75) is 94.7 Å². The summed E-state index contributed by atoms with van der Waals surface area (Å²) < 4.78 is 15.8. The lowest BCUT2D eigenvalue weighted by atomic mass is 9.89. The van der Waals surface area contributed by atoms with Crippen molar-refractivity contribution in [2.75, 3.05) is 0 Å². The average molecular weight is 502 g/mol. The van der Waals surface area contributed by atoms with Crippen molar-refractivity contribution in [1.82, 2.24) is 15.1 Å². The Kier molecular flexibility index (Phi) is 6.85. The summed E-state index contributed by atoms with van der Waals surface area (Å²) >= 11 is 0. The monoisotopic (exact) mass is 501 g/mol. The summed E-state index contributed by atoms with van der Waals surface area (Å²) in [6, 6.07) is 14.7. The molecule has 37 heavy (non-hydrogen) atoms. The summed E-state index contributed by atoms with van der Waals surface area (Å²) in [4.78, 5) is 13.8. The average Bonchev–Trinajstić information content (AvgIpc) is 3.37. The Morgan fingerprint density at radius 1 is 1.00 bits per heavy atom. The minimum absolute atomic E-state index is 0.186. The number of hydrogen-bond acceptors (Lipinski definition) is 3. The number of carbonyl (C=O) groups excluding carboxylic acids is 1. The second-order valence-electron chi connectivity index (χ2n) is 11.1. The number of nitrogens with zero attached hydrogens (tertiary/aromatic N) is 2. The summed E-state index contributed by atoms with van der Waals surface area (Å²) in [5.74, 6) is -0.155. The molecule has 1 fully saturated rings. The Balaban J connectivity index is 1.36. The summed E-state index contributed by atoms with van der Waals surface area (Å²) in [5, 5.41) is 19.0. The van der Waals surface area contributed by atoms with Crippen LogP contribution in [0.25, 0.3) is 0 Å². The van der Waals surface area contributed by atoms with Crippen LogP contribution in [0.3, 0.4) is 0 Å². The van der Waals surface area contributed by atoms with Crippen molar-refractivity contribution in [3.63, 3.8) is 0 Å². The number of nitrogens with one attached hydrogen (secondary N) is 1. The molecule has 2 aromatic carbocycles. The highest BCUT2D eigenvalue weighted by Crippen LogP contribution is 2.40. The van der Waals surface area contributed by atoms with Crippen LogP contribution >= 0.6 is 0 Å². The molecule has 1 aromatic heterocycles. The van der Waals surface area contributed by atoms with Crippen molar-refractivity contribution in [3.05, 3.63) is 88.0 Å². The molecule has 3 aliphatic rings. The molecular formula is C31H36FN3O2. The van der Waals surface area contributed by atoms with Crippen LogP contribution < -0.4 is 5.32 Å². The Morgan fingerprint density at radius 3 is 2.57 bits per heavy atom. The van der Waals surface area contributed by atoms with E-state index in [1.165, 1.54) is 37.1 Å². The van der Waals surface area contributed by atoms with Crippen LogP contribution in [-0.2, 0) is 19.3 Å². The van der Waals surface area contributed by atoms with Crippen molar-refractivity contribution in [2.24, 2.45) is 0 Å². The number of halogens is 1. The maximum Gasteiger partial charge on any atom is 0.272 e. The van der Waals surface area contributed by atoms with E-state index in [9.17, 15) is 14.3 Å². The van der Waals surface area contributed by atoms with Gasteiger partial charge in [0.1, 0.15) is 5.82 Å². The molecule has 0 saturated heterocycles. The molecule has 5 nitrogen and oxygen atoms in total. The first-order valence-corrected chi connectivity index (χ1v) is 14.0. The lowest BCUT2D eigenvalue weighted by molar-refractivity contribution is 0.0851. The molecule has 2 N–H and O–H groups in total. The number of hydrogen-bond donors (Lipinski definition) is 2. The largest absolute Gasteiger partial charge is 0.390 e. The van der Waals surface area contributed by atoms with Crippen molar-refractivity contribution in [1.29, 1.82) is 0 Å². The molecule has 0 aliphatic heterocycles.